The third kappa shape index (κ3) is 4.71. The van der Waals surface area contributed by atoms with Crippen molar-refractivity contribution in [2.45, 2.75) is 39.7 Å². The highest BCUT2D eigenvalue weighted by Gasteiger charge is 2.12. The molecule has 1 heterocycles. The van der Waals surface area contributed by atoms with Gasteiger partial charge in [-0.25, -0.2) is 0 Å². The zero-order valence-electron chi connectivity index (χ0n) is 13.3. The molecule has 1 N–H and O–H groups in total. The Morgan fingerprint density at radius 2 is 1.95 bits per heavy atom. The Labute approximate surface area is 127 Å². The number of benzene rings is 1. The Balaban J connectivity index is 2.07. The second kappa shape index (κ2) is 7.99. The molecular formula is C18H26N2O. The normalized spacial score (nSPS) is 12.8. The summed E-state index contributed by atoms with van der Waals surface area (Å²) in [5.74, 6) is 1.55. The SMILES string of the molecule is CCCC(CNCC(C)C)Oc1cccc2cccnc12. The molecule has 1 unspecified atom stereocenters. The number of nitrogens with one attached hydrogen (secondary N) is 1. The number of pyridine rings is 1. The van der Waals surface area contributed by atoms with Crippen LogP contribution in [0, 0.1) is 5.92 Å². The average molecular weight is 286 g/mol. The molecule has 0 fully saturated rings. The van der Waals surface area contributed by atoms with Crippen molar-refractivity contribution in [3.05, 3.63) is 36.5 Å². The summed E-state index contributed by atoms with van der Waals surface area (Å²) >= 11 is 0. The molecule has 3 heteroatoms. The highest BCUT2D eigenvalue weighted by Crippen LogP contribution is 2.24. The minimum atomic E-state index is 0.196. The van der Waals surface area contributed by atoms with Crippen molar-refractivity contribution < 1.29 is 4.74 Å². The first-order valence-electron chi connectivity index (χ1n) is 7.91. The third-order valence-electron chi connectivity index (χ3n) is 3.42. The van der Waals surface area contributed by atoms with Crippen LogP contribution in [0.5, 0.6) is 5.75 Å². The van der Waals surface area contributed by atoms with Gasteiger partial charge >= 0.3 is 0 Å². The van der Waals surface area contributed by atoms with Gasteiger partial charge in [-0.1, -0.05) is 45.4 Å². The zero-order chi connectivity index (χ0) is 15.1. The topological polar surface area (TPSA) is 34.1 Å². The van der Waals surface area contributed by atoms with E-state index in [9.17, 15) is 0 Å². The molecule has 21 heavy (non-hydrogen) atoms. The van der Waals surface area contributed by atoms with Crippen molar-refractivity contribution in [3.8, 4) is 5.75 Å². The van der Waals surface area contributed by atoms with E-state index >= 15 is 0 Å². The summed E-state index contributed by atoms with van der Waals surface area (Å²) in [5.41, 5.74) is 0.949. The van der Waals surface area contributed by atoms with Gasteiger partial charge in [-0.3, -0.25) is 4.98 Å². The number of nitrogens with zero attached hydrogens (tertiary/aromatic N) is 1. The lowest BCUT2D eigenvalue weighted by atomic mass is 10.1. The van der Waals surface area contributed by atoms with E-state index < -0.39 is 0 Å². The van der Waals surface area contributed by atoms with E-state index in [1.165, 1.54) is 0 Å². The van der Waals surface area contributed by atoms with Gasteiger partial charge in [0, 0.05) is 18.1 Å². The molecule has 2 rings (SSSR count). The van der Waals surface area contributed by atoms with E-state index in [0.29, 0.717) is 5.92 Å². The summed E-state index contributed by atoms with van der Waals surface area (Å²) in [6.07, 6.45) is 4.18. The fraction of sp³-hybridized carbons (Fsp3) is 0.500. The zero-order valence-corrected chi connectivity index (χ0v) is 13.3. The van der Waals surface area contributed by atoms with Gasteiger partial charge in [0.2, 0.25) is 0 Å². The van der Waals surface area contributed by atoms with Gasteiger partial charge in [0.25, 0.3) is 0 Å². The molecule has 0 saturated carbocycles. The number of rotatable bonds is 8. The molecule has 0 amide bonds. The number of hydrogen-bond acceptors (Lipinski definition) is 3. The lowest BCUT2D eigenvalue weighted by molar-refractivity contribution is 0.187. The monoisotopic (exact) mass is 286 g/mol. The molecule has 2 aromatic rings. The van der Waals surface area contributed by atoms with Crippen molar-refractivity contribution in [2.24, 2.45) is 5.92 Å². The van der Waals surface area contributed by atoms with E-state index in [1.807, 2.05) is 24.4 Å². The summed E-state index contributed by atoms with van der Waals surface area (Å²) in [5, 5.41) is 4.62. The molecule has 0 aliphatic rings. The van der Waals surface area contributed by atoms with Crippen LogP contribution in [0.2, 0.25) is 0 Å². The first kappa shape index (κ1) is 15.8. The van der Waals surface area contributed by atoms with E-state index in [-0.39, 0.29) is 6.10 Å². The Morgan fingerprint density at radius 1 is 1.14 bits per heavy atom. The van der Waals surface area contributed by atoms with Crippen LogP contribution in [0.25, 0.3) is 10.9 Å². The molecule has 0 spiro atoms. The average Bonchev–Trinajstić information content (AvgIpc) is 2.47. The van der Waals surface area contributed by atoms with Gasteiger partial charge in [-0.15, -0.1) is 0 Å². The fourth-order valence-corrected chi connectivity index (χ4v) is 2.41. The second-order valence-corrected chi connectivity index (χ2v) is 5.91. The predicted octanol–water partition coefficient (Wildman–Crippen LogP) is 4.03. The van der Waals surface area contributed by atoms with Crippen LogP contribution >= 0.6 is 0 Å². The van der Waals surface area contributed by atoms with Crippen LogP contribution in [0.15, 0.2) is 36.5 Å². The van der Waals surface area contributed by atoms with Gasteiger partial charge in [0.15, 0.2) is 0 Å². The molecule has 1 aromatic carbocycles. The Bertz CT molecular complexity index is 548. The van der Waals surface area contributed by atoms with Gasteiger partial charge in [-0.05, 0) is 31.0 Å². The minimum absolute atomic E-state index is 0.196. The molecule has 0 saturated heterocycles. The number of ether oxygens (including phenoxy) is 1. The van der Waals surface area contributed by atoms with Crippen LogP contribution < -0.4 is 10.1 Å². The molecule has 3 nitrogen and oxygen atoms in total. The first-order chi connectivity index (χ1) is 10.2. The van der Waals surface area contributed by atoms with Gasteiger partial charge in [0.05, 0.1) is 0 Å². The number of fused-ring (bicyclic) bond motifs is 1. The molecule has 114 valence electrons. The molecule has 0 radical (unpaired) electrons. The Hall–Kier alpha value is -1.61. The lowest BCUT2D eigenvalue weighted by Gasteiger charge is -2.20. The summed E-state index contributed by atoms with van der Waals surface area (Å²) in [4.78, 5) is 4.46. The summed E-state index contributed by atoms with van der Waals surface area (Å²) < 4.78 is 6.22. The maximum Gasteiger partial charge on any atom is 0.146 e. The highest BCUT2D eigenvalue weighted by molar-refractivity contribution is 5.84. The van der Waals surface area contributed by atoms with Gasteiger partial charge in [0.1, 0.15) is 17.4 Å². The smallest absolute Gasteiger partial charge is 0.146 e. The van der Waals surface area contributed by atoms with Crippen LogP contribution in [-0.4, -0.2) is 24.2 Å². The van der Waals surface area contributed by atoms with Crippen molar-refractivity contribution >= 4 is 10.9 Å². The van der Waals surface area contributed by atoms with Crippen molar-refractivity contribution in [1.82, 2.24) is 10.3 Å². The third-order valence-corrected chi connectivity index (χ3v) is 3.42. The molecule has 0 bridgehead atoms. The van der Waals surface area contributed by atoms with Crippen molar-refractivity contribution in [2.75, 3.05) is 13.1 Å². The van der Waals surface area contributed by atoms with Crippen LogP contribution in [0.4, 0.5) is 0 Å². The lowest BCUT2D eigenvalue weighted by Crippen LogP contribution is -2.33. The summed E-state index contributed by atoms with van der Waals surface area (Å²) in [6.45, 7) is 8.54. The van der Waals surface area contributed by atoms with E-state index in [4.69, 9.17) is 4.74 Å². The minimum Gasteiger partial charge on any atom is -0.487 e. The first-order valence-corrected chi connectivity index (χ1v) is 7.91. The number of aromatic nitrogens is 1. The van der Waals surface area contributed by atoms with Gasteiger partial charge < -0.3 is 10.1 Å². The quantitative estimate of drug-likeness (QED) is 0.795. The van der Waals surface area contributed by atoms with Crippen molar-refractivity contribution in [3.63, 3.8) is 0 Å². The highest BCUT2D eigenvalue weighted by atomic mass is 16.5. The second-order valence-electron chi connectivity index (χ2n) is 5.91. The Morgan fingerprint density at radius 3 is 2.71 bits per heavy atom. The fourth-order valence-electron chi connectivity index (χ4n) is 2.41. The van der Waals surface area contributed by atoms with E-state index in [1.54, 1.807) is 0 Å². The maximum absolute atomic E-state index is 6.22. The molecule has 0 aliphatic carbocycles. The van der Waals surface area contributed by atoms with Crippen molar-refractivity contribution in [1.29, 1.82) is 0 Å². The molecule has 0 aliphatic heterocycles. The van der Waals surface area contributed by atoms with Crippen LogP contribution in [0.1, 0.15) is 33.6 Å². The standard InChI is InChI=1S/C18H26N2O/c1-4-7-16(13-19-12-14(2)3)21-17-10-5-8-15-9-6-11-20-18(15)17/h5-6,8-11,14,16,19H,4,7,12-13H2,1-3H3. The van der Waals surface area contributed by atoms with Gasteiger partial charge in [-0.2, -0.15) is 0 Å². The molecular weight excluding hydrogens is 260 g/mol. The largest absolute Gasteiger partial charge is 0.487 e. The maximum atomic E-state index is 6.22. The summed E-state index contributed by atoms with van der Waals surface area (Å²) in [6, 6.07) is 10.1. The molecule has 1 atom stereocenters. The number of para-hydroxylation sites is 1. The molecule has 1 aromatic heterocycles. The van der Waals surface area contributed by atoms with E-state index in [2.05, 4.69) is 43.2 Å². The predicted molar refractivity (Wildman–Crippen MR) is 88.8 cm³/mol. The van der Waals surface area contributed by atoms with E-state index in [0.717, 1.165) is 42.6 Å². The van der Waals surface area contributed by atoms with Crippen LogP contribution in [-0.2, 0) is 0 Å². The summed E-state index contributed by atoms with van der Waals surface area (Å²) in [7, 11) is 0. The Kier molecular flexibility index (Phi) is 6.00. The number of hydrogen-bond donors (Lipinski definition) is 1. The van der Waals surface area contributed by atoms with Crippen LogP contribution in [0.3, 0.4) is 0 Å².